The first-order valence-corrected chi connectivity index (χ1v) is 9.27. The van der Waals surface area contributed by atoms with Gasteiger partial charge in [0.1, 0.15) is 0 Å². The Hall–Kier alpha value is -2.41. The second-order valence-corrected chi connectivity index (χ2v) is 6.66. The molecule has 7 nitrogen and oxygen atoms in total. The molecule has 0 spiro atoms. The summed E-state index contributed by atoms with van der Waals surface area (Å²) in [5, 5.41) is 10.4. The summed E-state index contributed by atoms with van der Waals surface area (Å²) in [5.74, 6) is 1.90. The first-order valence-electron chi connectivity index (χ1n) is 9.27. The number of aliphatic imine (C=N–C) groups is 1. The lowest BCUT2D eigenvalue weighted by molar-refractivity contribution is 0.221. The molecule has 0 saturated carbocycles. The smallest absolute Gasteiger partial charge is 0.223 e. The van der Waals surface area contributed by atoms with Crippen LogP contribution in [0.1, 0.15) is 42.1 Å². The van der Waals surface area contributed by atoms with Gasteiger partial charge in [-0.15, -0.1) is 0 Å². The molecule has 1 saturated heterocycles. The highest BCUT2D eigenvalue weighted by Gasteiger charge is 2.10. The highest BCUT2D eigenvalue weighted by molar-refractivity contribution is 5.79. The Labute approximate surface area is 154 Å². The van der Waals surface area contributed by atoms with Crippen molar-refractivity contribution >= 4 is 5.96 Å². The molecule has 2 aromatic rings. The third-order valence-electron chi connectivity index (χ3n) is 4.54. The average molecular weight is 356 g/mol. The Morgan fingerprint density at radius 3 is 2.42 bits per heavy atom. The van der Waals surface area contributed by atoms with E-state index < -0.39 is 0 Å². The molecular formula is C19H28N6O. The van der Waals surface area contributed by atoms with E-state index in [1.807, 2.05) is 0 Å². The van der Waals surface area contributed by atoms with Crippen molar-refractivity contribution in [3.63, 3.8) is 0 Å². The number of hydrogen-bond donors (Lipinski definition) is 2. The molecule has 1 fully saturated rings. The predicted molar refractivity (Wildman–Crippen MR) is 102 cm³/mol. The molecule has 0 aliphatic carbocycles. The molecule has 0 bridgehead atoms. The Bertz CT molecular complexity index is 703. The van der Waals surface area contributed by atoms with Gasteiger partial charge in [0.15, 0.2) is 11.8 Å². The fourth-order valence-corrected chi connectivity index (χ4v) is 3.12. The molecule has 2 heterocycles. The molecule has 3 rings (SSSR count). The first-order chi connectivity index (χ1) is 12.7. The van der Waals surface area contributed by atoms with Crippen LogP contribution in [0.3, 0.4) is 0 Å². The average Bonchev–Trinajstić information content (AvgIpc) is 3.09. The van der Waals surface area contributed by atoms with Gasteiger partial charge in [0.05, 0.1) is 6.54 Å². The zero-order chi connectivity index (χ0) is 18.2. The van der Waals surface area contributed by atoms with Gasteiger partial charge in [-0.2, -0.15) is 4.98 Å². The van der Waals surface area contributed by atoms with E-state index in [2.05, 4.69) is 54.9 Å². The normalized spacial score (nSPS) is 15.8. The van der Waals surface area contributed by atoms with Crippen LogP contribution in [0.25, 0.3) is 0 Å². The van der Waals surface area contributed by atoms with Crippen molar-refractivity contribution in [2.24, 2.45) is 4.99 Å². The van der Waals surface area contributed by atoms with Crippen molar-refractivity contribution in [1.29, 1.82) is 0 Å². The van der Waals surface area contributed by atoms with E-state index in [1.165, 1.54) is 43.5 Å². The summed E-state index contributed by atoms with van der Waals surface area (Å²) in [4.78, 5) is 10.9. The monoisotopic (exact) mass is 356 g/mol. The number of piperidine rings is 1. The van der Waals surface area contributed by atoms with Crippen LogP contribution in [0.4, 0.5) is 0 Å². The first kappa shape index (κ1) is 18.4. The minimum absolute atomic E-state index is 0.478. The molecule has 1 aliphatic rings. The van der Waals surface area contributed by atoms with E-state index >= 15 is 0 Å². The Kier molecular flexibility index (Phi) is 6.60. The lowest BCUT2D eigenvalue weighted by atomic mass is 10.1. The predicted octanol–water partition coefficient (Wildman–Crippen LogP) is 2.23. The van der Waals surface area contributed by atoms with Crippen LogP contribution >= 0.6 is 0 Å². The maximum absolute atomic E-state index is 4.96. The maximum atomic E-state index is 4.96. The van der Waals surface area contributed by atoms with Crippen molar-refractivity contribution in [2.75, 3.05) is 20.1 Å². The summed E-state index contributed by atoms with van der Waals surface area (Å²) >= 11 is 0. The van der Waals surface area contributed by atoms with Gasteiger partial charge in [0.25, 0.3) is 0 Å². The third kappa shape index (κ3) is 5.56. The van der Waals surface area contributed by atoms with Crippen molar-refractivity contribution in [1.82, 2.24) is 25.7 Å². The summed E-state index contributed by atoms with van der Waals surface area (Å²) in [5.41, 5.74) is 2.61. The largest absolute Gasteiger partial charge is 0.352 e. The number of hydrogen-bond acceptors (Lipinski definition) is 5. The number of rotatable bonds is 6. The topological polar surface area (TPSA) is 78.6 Å². The summed E-state index contributed by atoms with van der Waals surface area (Å²) < 4.78 is 4.96. The molecule has 0 amide bonds. The van der Waals surface area contributed by atoms with Gasteiger partial charge in [-0.3, -0.25) is 9.89 Å². The zero-order valence-corrected chi connectivity index (χ0v) is 15.7. The lowest BCUT2D eigenvalue weighted by Gasteiger charge is -2.26. The van der Waals surface area contributed by atoms with E-state index in [-0.39, 0.29) is 0 Å². The highest BCUT2D eigenvalue weighted by Crippen LogP contribution is 2.13. The van der Waals surface area contributed by atoms with Crippen LogP contribution in [0.5, 0.6) is 0 Å². The second-order valence-electron chi connectivity index (χ2n) is 6.66. The van der Waals surface area contributed by atoms with Gasteiger partial charge in [-0.1, -0.05) is 35.8 Å². The molecule has 0 atom stereocenters. The molecule has 2 N–H and O–H groups in total. The number of guanidine groups is 1. The summed E-state index contributed by atoms with van der Waals surface area (Å²) in [6, 6.07) is 8.82. The van der Waals surface area contributed by atoms with Gasteiger partial charge < -0.3 is 15.2 Å². The quantitative estimate of drug-likeness (QED) is 0.610. The molecular weight excluding hydrogens is 328 g/mol. The van der Waals surface area contributed by atoms with Gasteiger partial charge >= 0.3 is 0 Å². The van der Waals surface area contributed by atoms with Crippen LogP contribution in [0.15, 0.2) is 33.8 Å². The van der Waals surface area contributed by atoms with Crippen molar-refractivity contribution in [3.8, 4) is 0 Å². The number of likely N-dealkylation sites (tertiary alicyclic amines) is 1. The lowest BCUT2D eigenvalue weighted by Crippen LogP contribution is -2.36. The highest BCUT2D eigenvalue weighted by atomic mass is 16.5. The number of nitrogens with one attached hydrogen (secondary N) is 2. The molecule has 0 radical (unpaired) electrons. The Balaban J connectivity index is 1.44. The SMILES string of the molecule is CN=C(NCc1ccc(CN2CCCCC2)cc1)NCc1noc(C)n1. The summed E-state index contributed by atoms with van der Waals surface area (Å²) in [6.07, 6.45) is 4.04. The fraction of sp³-hybridized carbons (Fsp3) is 0.526. The van der Waals surface area contributed by atoms with E-state index in [0.717, 1.165) is 13.1 Å². The summed E-state index contributed by atoms with van der Waals surface area (Å²) in [6.45, 7) is 6.48. The molecule has 0 unspecified atom stereocenters. The maximum Gasteiger partial charge on any atom is 0.223 e. The van der Waals surface area contributed by atoms with Crippen LogP contribution in [0.2, 0.25) is 0 Å². The molecule has 1 aromatic heterocycles. The van der Waals surface area contributed by atoms with Crippen LogP contribution in [-0.4, -0.2) is 41.1 Å². The molecule has 140 valence electrons. The fourth-order valence-electron chi connectivity index (χ4n) is 3.12. The van der Waals surface area contributed by atoms with Gasteiger partial charge in [0, 0.05) is 27.1 Å². The standard InChI is InChI=1S/C19H28N6O/c1-15-23-18(24-26-15)13-22-19(20-2)21-12-16-6-8-17(9-7-16)14-25-10-4-3-5-11-25/h6-9H,3-5,10-14H2,1-2H3,(H2,20,21,22). The zero-order valence-electron chi connectivity index (χ0n) is 15.7. The number of aryl methyl sites for hydroxylation is 1. The second kappa shape index (κ2) is 9.33. The molecule has 26 heavy (non-hydrogen) atoms. The number of aromatic nitrogens is 2. The summed E-state index contributed by atoms with van der Waals surface area (Å²) in [7, 11) is 1.75. The van der Waals surface area contributed by atoms with Gasteiger partial charge in [-0.05, 0) is 37.1 Å². The van der Waals surface area contributed by atoms with E-state index in [9.17, 15) is 0 Å². The van der Waals surface area contributed by atoms with Gasteiger partial charge in [0.2, 0.25) is 5.89 Å². The molecule has 1 aromatic carbocycles. The van der Waals surface area contributed by atoms with Crippen molar-refractivity contribution < 1.29 is 4.52 Å². The minimum atomic E-state index is 0.478. The third-order valence-corrected chi connectivity index (χ3v) is 4.54. The van der Waals surface area contributed by atoms with Gasteiger partial charge in [-0.25, -0.2) is 0 Å². The van der Waals surface area contributed by atoms with E-state index in [0.29, 0.717) is 24.2 Å². The molecule has 1 aliphatic heterocycles. The Morgan fingerprint density at radius 2 is 1.77 bits per heavy atom. The van der Waals surface area contributed by atoms with Crippen molar-refractivity contribution in [2.45, 2.75) is 45.8 Å². The van der Waals surface area contributed by atoms with Crippen LogP contribution in [-0.2, 0) is 19.6 Å². The number of nitrogens with zero attached hydrogens (tertiary/aromatic N) is 4. The van der Waals surface area contributed by atoms with Crippen LogP contribution in [0, 0.1) is 6.92 Å². The Morgan fingerprint density at radius 1 is 1.08 bits per heavy atom. The van der Waals surface area contributed by atoms with Crippen LogP contribution < -0.4 is 10.6 Å². The molecule has 7 heteroatoms. The van der Waals surface area contributed by atoms with E-state index in [4.69, 9.17) is 4.52 Å². The minimum Gasteiger partial charge on any atom is -0.352 e. The van der Waals surface area contributed by atoms with E-state index in [1.54, 1.807) is 14.0 Å². The number of benzene rings is 1. The van der Waals surface area contributed by atoms with Crippen molar-refractivity contribution in [3.05, 3.63) is 47.1 Å².